The highest BCUT2D eigenvalue weighted by Crippen LogP contribution is 2.39. The number of benzene rings is 3. The first-order valence-electron chi connectivity index (χ1n) is 20.1. The summed E-state index contributed by atoms with van der Waals surface area (Å²) < 4.78 is 17.0. The van der Waals surface area contributed by atoms with Gasteiger partial charge in [-0.2, -0.15) is 0 Å². The summed E-state index contributed by atoms with van der Waals surface area (Å²) in [5.41, 5.74) is 6.37. The number of rotatable bonds is 11. The Balaban J connectivity index is 0.827. The van der Waals surface area contributed by atoms with Gasteiger partial charge in [-0.15, -0.1) is 21.5 Å². The number of thiophene rings is 1. The summed E-state index contributed by atoms with van der Waals surface area (Å²) >= 11 is 7.94. The molecule has 2 fully saturated rings. The van der Waals surface area contributed by atoms with Gasteiger partial charge < -0.3 is 20.9 Å². The van der Waals surface area contributed by atoms with Crippen LogP contribution in [0.3, 0.4) is 0 Å². The van der Waals surface area contributed by atoms with Crippen molar-refractivity contribution in [1.29, 1.82) is 0 Å². The minimum atomic E-state index is -0.885. The molecule has 3 aliphatic rings. The van der Waals surface area contributed by atoms with Crippen LogP contribution in [0, 0.1) is 32.5 Å². The third-order valence-corrected chi connectivity index (χ3v) is 12.9. The Morgan fingerprint density at radius 3 is 2.43 bits per heavy atom. The molecule has 5 heterocycles. The maximum Gasteiger partial charge on any atom is 0.254 e. The summed E-state index contributed by atoms with van der Waals surface area (Å²) in [5, 5.41) is 21.7. The van der Waals surface area contributed by atoms with Crippen LogP contribution in [0.2, 0.25) is 5.02 Å². The number of amides is 4. The molecule has 5 aromatic rings. The Bertz CT molecular complexity index is 2490. The molecule has 60 heavy (non-hydrogen) atoms. The van der Waals surface area contributed by atoms with Crippen LogP contribution in [0.15, 0.2) is 71.7 Å². The molecule has 2 atom stereocenters. The van der Waals surface area contributed by atoms with Crippen LogP contribution >= 0.6 is 22.9 Å². The Labute approximate surface area is 355 Å². The lowest BCUT2D eigenvalue weighted by Gasteiger charge is -2.33. The van der Waals surface area contributed by atoms with E-state index in [1.54, 1.807) is 17.4 Å². The predicted molar refractivity (Wildman–Crippen MR) is 230 cm³/mol. The molecule has 16 heteroatoms. The van der Waals surface area contributed by atoms with Crippen LogP contribution in [0.25, 0.3) is 5.00 Å². The second kappa shape index (κ2) is 17.3. The minimum Gasteiger partial charge on any atom is -0.381 e. The molecule has 4 N–H and O–H groups in total. The molecule has 2 aromatic heterocycles. The fourth-order valence-electron chi connectivity index (χ4n) is 7.94. The van der Waals surface area contributed by atoms with Crippen molar-refractivity contribution >= 4 is 63.7 Å². The number of fused-ring (bicyclic) bond motifs is 3. The maximum atomic E-state index is 14.9. The fourth-order valence-corrected chi connectivity index (χ4v) is 9.28. The summed E-state index contributed by atoms with van der Waals surface area (Å²) in [5.74, 6) is -0.749. The van der Waals surface area contributed by atoms with Crippen LogP contribution in [-0.2, 0) is 20.9 Å². The predicted octanol–water partition coefficient (Wildman–Crippen LogP) is 6.51. The van der Waals surface area contributed by atoms with Crippen LogP contribution in [0.5, 0.6) is 0 Å². The maximum absolute atomic E-state index is 14.9. The molecule has 0 radical (unpaired) electrons. The number of aryl methyl sites for hydroxylation is 2. The molecule has 0 bridgehead atoms. The largest absolute Gasteiger partial charge is 0.381 e. The molecule has 0 aliphatic carbocycles. The molecule has 13 nitrogen and oxygen atoms in total. The number of piperidine rings is 2. The average molecular weight is 850 g/mol. The number of aliphatic imine (C=N–C) groups is 1. The second-order valence-electron chi connectivity index (χ2n) is 15.5. The first-order valence-corrected chi connectivity index (χ1v) is 21.3. The van der Waals surface area contributed by atoms with E-state index in [-0.39, 0.29) is 30.7 Å². The van der Waals surface area contributed by atoms with Crippen LogP contribution < -0.4 is 26.2 Å². The highest BCUT2D eigenvalue weighted by molar-refractivity contribution is 7.15. The molecule has 3 aromatic carbocycles. The molecular formula is C44H45ClFN9O4S. The van der Waals surface area contributed by atoms with E-state index >= 15 is 0 Å². The standard InChI is InChI=1S/C44H45ClFN9O4S/c1-24-25(2)60-44-39(24)40(29-6-8-30(45)9-7-29)49-36(41-53-52-26(3)55(41)44)21-38(57)48-23-28-16-18-54(19-17-28)32-11-4-27(5-12-32)22-47-31-10-13-33(34(46)20-31)42(58)50-35-14-15-37(56)51-43(35)59/h4-13,20,28,35-36,47H,14-19,21-23H2,1-3H3,(H,48,57)(H,50,58)(H,51,56,59)/t35?,36-/m0/s1. The zero-order valence-corrected chi connectivity index (χ0v) is 35.1. The molecule has 0 saturated carbocycles. The monoisotopic (exact) mass is 849 g/mol. The fraction of sp³-hybridized carbons (Fsp3) is 0.341. The second-order valence-corrected chi connectivity index (χ2v) is 17.2. The highest BCUT2D eigenvalue weighted by Gasteiger charge is 2.33. The van der Waals surface area contributed by atoms with Crippen molar-refractivity contribution in [3.63, 3.8) is 0 Å². The van der Waals surface area contributed by atoms with Crippen LogP contribution in [0.4, 0.5) is 15.8 Å². The van der Waals surface area contributed by atoms with Crippen molar-refractivity contribution in [3.05, 3.63) is 122 Å². The van der Waals surface area contributed by atoms with Gasteiger partial charge in [-0.3, -0.25) is 34.1 Å². The summed E-state index contributed by atoms with van der Waals surface area (Å²) in [6.45, 7) is 8.90. The van der Waals surface area contributed by atoms with E-state index in [2.05, 4.69) is 66.9 Å². The van der Waals surface area contributed by atoms with Gasteiger partial charge in [0.25, 0.3) is 5.91 Å². The number of hydrogen-bond donors (Lipinski definition) is 4. The van der Waals surface area contributed by atoms with Gasteiger partial charge in [0.05, 0.1) is 17.7 Å². The van der Waals surface area contributed by atoms with E-state index in [0.29, 0.717) is 35.5 Å². The lowest BCUT2D eigenvalue weighted by atomic mass is 9.96. The first-order chi connectivity index (χ1) is 28.9. The highest BCUT2D eigenvalue weighted by atomic mass is 35.5. The number of imide groups is 1. The number of anilines is 2. The molecule has 8 rings (SSSR count). The molecule has 310 valence electrons. The van der Waals surface area contributed by atoms with Crippen molar-refractivity contribution in [2.45, 2.75) is 71.5 Å². The van der Waals surface area contributed by atoms with Gasteiger partial charge in [-0.25, -0.2) is 4.39 Å². The molecule has 0 spiro atoms. The number of carbonyl (C=O) groups is 4. The summed E-state index contributed by atoms with van der Waals surface area (Å²) in [6.07, 6.45) is 2.30. The zero-order valence-electron chi connectivity index (χ0n) is 33.5. The van der Waals surface area contributed by atoms with E-state index in [0.717, 1.165) is 70.4 Å². The van der Waals surface area contributed by atoms with Crippen LogP contribution in [0.1, 0.15) is 87.3 Å². The first kappa shape index (κ1) is 40.8. The number of hydrogen-bond acceptors (Lipinski definition) is 10. The topological polar surface area (TPSA) is 163 Å². The SMILES string of the molecule is Cc1sc2c(c1C)C(c1ccc(Cl)cc1)=N[C@@H](CC(=O)NCC1CCN(c3ccc(CNc4ccc(C(=O)NC5CCC(=O)NC5=O)c(F)c4)cc3)CC1)c1nnc(C)n1-2. The number of carbonyl (C=O) groups excluding carboxylic acids is 4. The van der Waals surface area contributed by atoms with Gasteiger partial charge in [0.2, 0.25) is 17.7 Å². The molecule has 3 aliphatic heterocycles. The molecule has 1 unspecified atom stereocenters. The smallest absolute Gasteiger partial charge is 0.254 e. The number of nitrogens with zero attached hydrogens (tertiary/aromatic N) is 5. The van der Waals surface area contributed by atoms with Crippen molar-refractivity contribution in [3.8, 4) is 5.00 Å². The number of aromatic nitrogens is 3. The number of nitrogens with one attached hydrogen (secondary N) is 4. The Hall–Kier alpha value is -5.93. The third-order valence-electron chi connectivity index (χ3n) is 11.5. The normalized spacial score (nSPS) is 17.9. The van der Waals surface area contributed by atoms with Crippen molar-refractivity contribution in [1.82, 2.24) is 30.7 Å². The van der Waals surface area contributed by atoms with Gasteiger partial charge >= 0.3 is 0 Å². The van der Waals surface area contributed by atoms with Gasteiger partial charge in [-0.1, -0.05) is 35.9 Å². The van der Waals surface area contributed by atoms with Crippen molar-refractivity contribution < 1.29 is 23.6 Å². The van der Waals surface area contributed by atoms with E-state index < -0.39 is 35.6 Å². The van der Waals surface area contributed by atoms with Gasteiger partial charge in [0.1, 0.15) is 28.7 Å². The molecule has 2 saturated heterocycles. The average Bonchev–Trinajstić information content (AvgIpc) is 3.72. The van der Waals surface area contributed by atoms with Gasteiger partial charge in [-0.05, 0) is 99.5 Å². The Morgan fingerprint density at radius 2 is 1.72 bits per heavy atom. The van der Waals surface area contributed by atoms with Gasteiger partial charge in [0, 0.05) is 65.0 Å². The van der Waals surface area contributed by atoms with Crippen molar-refractivity contribution in [2.24, 2.45) is 10.9 Å². The van der Waals surface area contributed by atoms with E-state index in [9.17, 15) is 23.6 Å². The summed E-state index contributed by atoms with van der Waals surface area (Å²) in [7, 11) is 0. The van der Waals surface area contributed by atoms with Crippen molar-refractivity contribution in [2.75, 3.05) is 29.9 Å². The summed E-state index contributed by atoms with van der Waals surface area (Å²) in [6, 6.07) is 18.7. The quantitative estimate of drug-likeness (QED) is 0.109. The lowest BCUT2D eigenvalue weighted by Crippen LogP contribution is -2.52. The number of halogens is 2. The Kier molecular flexibility index (Phi) is 11.8. The minimum absolute atomic E-state index is 0.0786. The Morgan fingerprint density at radius 1 is 0.967 bits per heavy atom. The van der Waals surface area contributed by atoms with E-state index in [1.165, 1.54) is 17.0 Å². The molecular weight excluding hydrogens is 805 g/mol. The summed E-state index contributed by atoms with van der Waals surface area (Å²) in [4.78, 5) is 58.3. The molecule has 4 amide bonds. The van der Waals surface area contributed by atoms with E-state index in [1.807, 2.05) is 43.3 Å². The third kappa shape index (κ3) is 8.68. The van der Waals surface area contributed by atoms with Crippen LogP contribution in [-0.4, -0.2) is 69.8 Å². The zero-order chi connectivity index (χ0) is 42.1. The lowest BCUT2D eigenvalue weighted by molar-refractivity contribution is -0.134. The van der Waals surface area contributed by atoms with E-state index in [4.69, 9.17) is 16.6 Å². The van der Waals surface area contributed by atoms with Gasteiger partial charge in [0.15, 0.2) is 5.82 Å².